The van der Waals surface area contributed by atoms with E-state index < -0.39 is 52.5 Å². The van der Waals surface area contributed by atoms with Crippen LogP contribution in [0.15, 0.2) is 12.7 Å². The molecule has 0 N–H and O–H groups in total. The first kappa shape index (κ1) is 32.1. The lowest BCUT2D eigenvalue weighted by Crippen LogP contribution is -2.53. The minimum absolute atomic E-state index is 0.118. The van der Waals surface area contributed by atoms with Gasteiger partial charge >= 0.3 is 14.8 Å². The maximum Gasteiger partial charge on any atom is 0.506 e. The highest BCUT2D eigenvalue weighted by molar-refractivity contribution is 6.60. The molecule has 0 bridgehead atoms. The van der Waals surface area contributed by atoms with Crippen molar-refractivity contribution >= 4 is 14.8 Å². The fourth-order valence-electron chi connectivity index (χ4n) is 2.60. The maximum atomic E-state index is 11.4. The molecule has 0 aromatic carbocycles. The van der Waals surface area contributed by atoms with Crippen LogP contribution in [0.5, 0.6) is 0 Å². The Balaban J connectivity index is 5.69. The van der Waals surface area contributed by atoms with Crippen molar-refractivity contribution in [2.45, 2.75) is 91.7 Å². The van der Waals surface area contributed by atoms with Crippen LogP contribution in [-0.2, 0) is 51.2 Å². The van der Waals surface area contributed by atoms with E-state index in [4.69, 9.17) is 46.4 Å². The second-order valence-electron chi connectivity index (χ2n) is 7.03. The predicted molar refractivity (Wildman–Crippen MR) is 121 cm³/mol. The van der Waals surface area contributed by atoms with Crippen LogP contribution in [0, 0.1) is 0 Å². The number of esters is 1. The van der Waals surface area contributed by atoms with E-state index in [-0.39, 0.29) is 12.7 Å². The first-order valence-electron chi connectivity index (χ1n) is 10.9. The van der Waals surface area contributed by atoms with Crippen molar-refractivity contribution < 1.29 is 51.2 Å². The average molecular weight is 499 g/mol. The van der Waals surface area contributed by atoms with E-state index in [1.807, 2.05) is 0 Å². The van der Waals surface area contributed by atoms with Gasteiger partial charge in [0.2, 0.25) is 0 Å². The molecule has 0 heterocycles. The lowest BCUT2D eigenvalue weighted by atomic mass is 10.5. The molecule has 0 saturated heterocycles. The van der Waals surface area contributed by atoms with E-state index in [1.165, 1.54) is 21.3 Å². The smallest absolute Gasteiger partial charge is 0.463 e. The van der Waals surface area contributed by atoms with Crippen molar-refractivity contribution in [3.8, 4) is 0 Å². The zero-order chi connectivity index (χ0) is 25.4. The summed E-state index contributed by atoms with van der Waals surface area (Å²) in [6.07, 6.45) is -2.33. The normalized spacial score (nSPS) is 19.1. The molecule has 196 valence electrons. The number of carbonyl (C=O) groups is 1. The lowest BCUT2D eigenvalue weighted by Gasteiger charge is -2.37. The van der Waals surface area contributed by atoms with Gasteiger partial charge in [0.15, 0.2) is 37.7 Å². The van der Waals surface area contributed by atoms with Crippen LogP contribution in [0.1, 0.15) is 48.0 Å². The van der Waals surface area contributed by atoms with Gasteiger partial charge in [0.25, 0.3) is 0 Å². The van der Waals surface area contributed by atoms with Gasteiger partial charge in [-0.3, -0.25) is 0 Å². The molecule has 0 fully saturated rings. The zero-order valence-electron chi connectivity index (χ0n) is 21.4. The molecule has 0 radical (unpaired) electrons. The van der Waals surface area contributed by atoms with Crippen molar-refractivity contribution in [3.63, 3.8) is 0 Å². The number of rotatable bonds is 20. The summed E-state index contributed by atoms with van der Waals surface area (Å²) in [5, 5.41) is 0. The molecule has 0 aliphatic rings. The fraction of sp³-hybridized carbons (Fsp3) is 0.857. The SMILES string of the molecule is C=CC(=O)OCCC[Si](OC(C)OC(C)OC)(OC(C)OC(C)OC)OC(C)OC(C)OC. The third-order valence-electron chi connectivity index (χ3n) is 4.22. The Labute approximate surface area is 198 Å². The van der Waals surface area contributed by atoms with Crippen LogP contribution in [0.25, 0.3) is 0 Å². The van der Waals surface area contributed by atoms with Crippen molar-refractivity contribution in [3.05, 3.63) is 12.7 Å². The Bertz CT molecular complexity index is 486. The standard InChI is InChI=1S/C21H42O11Si/c1-11-21(22)26-13-12-14-33(30-18(5)27-15(2)23-8,31-19(6)28-16(3)24-9)32-20(7)29-17(4)25-10/h11,15-20H,1,12-14H2,2-10H3. The number of methoxy groups -OCH3 is 3. The molecule has 0 aromatic heterocycles. The van der Waals surface area contributed by atoms with Gasteiger partial charge in [0.1, 0.15) is 0 Å². The molecule has 11 nitrogen and oxygen atoms in total. The number of hydrogen-bond donors (Lipinski definition) is 0. The van der Waals surface area contributed by atoms with Crippen LogP contribution >= 0.6 is 0 Å². The molecule has 33 heavy (non-hydrogen) atoms. The summed E-state index contributed by atoms with van der Waals surface area (Å²) in [4.78, 5) is 11.4. The average Bonchev–Trinajstić information content (AvgIpc) is 2.75. The van der Waals surface area contributed by atoms with E-state index in [0.29, 0.717) is 6.42 Å². The molecular formula is C21H42O11Si. The zero-order valence-corrected chi connectivity index (χ0v) is 22.4. The largest absolute Gasteiger partial charge is 0.506 e. The molecule has 0 aliphatic carbocycles. The Morgan fingerprint density at radius 2 is 1.09 bits per heavy atom. The molecular weight excluding hydrogens is 456 g/mol. The van der Waals surface area contributed by atoms with Gasteiger partial charge in [-0.25, -0.2) is 4.79 Å². The molecule has 0 spiro atoms. The van der Waals surface area contributed by atoms with E-state index >= 15 is 0 Å². The molecule has 0 aliphatic heterocycles. The van der Waals surface area contributed by atoms with E-state index in [2.05, 4.69) is 6.58 Å². The van der Waals surface area contributed by atoms with Crippen molar-refractivity contribution in [1.29, 1.82) is 0 Å². The molecule has 12 heteroatoms. The fourth-order valence-corrected chi connectivity index (χ4v) is 5.38. The van der Waals surface area contributed by atoms with Gasteiger partial charge in [-0.2, -0.15) is 0 Å². The second-order valence-corrected chi connectivity index (χ2v) is 9.61. The third-order valence-corrected chi connectivity index (χ3v) is 7.26. The summed E-state index contributed by atoms with van der Waals surface area (Å²) in [5.74, 6) is -0.521. The van der Waals surface area contributed by atoms with Gasteiger partial charge in [0, 0.05) is 33.4 Å². The van der Waals surface area contributed by atoms with Crippen molar-refractivity contribution in [2.24, 2.45) is 0 Å². The first-order chi connectivity index (χ1) is 15.5. The third kappa shape index (κ3) is 14.8. The second kappa shape index (κ2) is 17.5. The minimum atomic E-state index is -3.56. The van der Waals surface area contributed by atoms with Gasteiger partial charge < -0.3 is 46.4 Å². The highest BCUT2D eigenvalue weighted by Crippen LogP contribution is 2.26. The predicted octanol–water partition coefficient (Wildman–Crippen LogP) is 3.16. The summed E-state index contributed by atoms with van der Waals surface area (Å²) in [5.41, 5.74) is 0. The topological polar surface area (TPSA) is 109 Å². The molecule has 6 unspecified atom stereocenters. The Kier molecular flexibility index (Phi) is 17.0. The quantitative estimate of drug-likeness (QED) is 0.0811. The van der Waals surface area contributed by atoms with Crippen LogP contribution in [0.2, 0.25) is 6.04 Å². The van der Waals surface area contributed by atoms with Gasteiger partial charge in [-0.05, 0) is 48.0 Å². The van der Waals surface area contributed by atoms with Crippen LogP contribution < -0.4 is 0 Å². The van der Waals surface area contributed by atoms with E-state index in [0.717, 1.165) is 6.08 Å². The molecule has 6 atom stereocenters. The van der Waals surface area contributed by atoms with Crippen LogP contribution in [0.4, 0.5) is 0 Å². The summed E-state index contributed by atoms with van der Waals surface area (Å²) < 4.78 is 56.2. The van der Waals surface area contributed by atoms with Gasteiger partial charge in [0.05, 0.1) is 6.61 Å². The van der Waals surface area contributed by atoms with Crippen LogP contribution in [-0.4, -0.2) is 80.5 Å². The Hall–Kier alpha value is -0.933. The summed E-state index contributed by atoms with van der Waals surface area (Å²) in [7, 11) is 0.998. The number of hydrogen-bond acceptors (Lipinski definition) is 11. The highest BCUT2D eigenvalue weighted by Gasteiger charge is 2.47. The summed E-state index contributed by atoms with van der Waals surface area (Å²) in [6.45, 7) is 13.8. The lowest BCUT2D eigenvalue weighted by molar-refractivity contribution is -0.252. The Morgan fingerprint density at radius 3 is 1.39 bits per heavy atom. The maximum absolute atomic E-state index is 11.4. The summed E-state index contributed by atoms with van der Waals surface area (Å²) in [6, 6.07) is 0.274. The highest BCUT2D eigenvalue weighted by atomic mass is 28.4. The van der Waals surface area contributed by atoms with Crippen molar-refractivity contribution in [1.82, 2.24) is 0 Å². The van der Waals surface area contributed by atoms with Crippen molar-refractivity contribution in [2.75, 3.05) is 27.9 Å². The van der Waals surface area contributed by atoms with E-state index in [9.17, 15) is 4.79 Å². The number of carbonyl (C=O) groups excluding carboxylic acids is 1. The minimum Gasteiger partial charge on any atom is -0.463 e. The molecule has 0 rings (SSSR count). The molecule has 0 aromatic rings. The monoisotopic (exact) mass is 498 g/mol. The van der Waals surface area contributed by atoms with Crippen LogP contribution in [0.3, 0.4) is 0 Å². The molecule has 0 saturated carbocycles. The summed E-state index contributed by atoms with van der Waals surface area (Å²) >= 11 is 0. The van der Waals surface area contributed by atoms with E-state index in [1.54, 1.807) is 41.5 Å². The van der Waals surface area contributed by atoms with Gasteiger partial charge in [-0.1, -0.05) is 6.58 Å². The molecule has 0 amide bonds. The Morgan fingerprint density at radius 1 is 0.727 bits per heavy atom. The number of ether oxygens (including phenoxy) is 7. The first-order valence-corrected chi connectivity index (χ1v) is 12.8. The van der Waals surface area contributed by atoms with Gasteiger partial charge in [-0.15, -0.1) is 0 Å².